The first-order chi connectivity index (χ1) is 5.77. The van der Waals surface area contributed by atoms with Gasteiger partial charge in [-0.3, -0.25) is 0 Å². The smallest absolute Gasteiger partial charge is 0.00144 e. The van der Waals surface area contributed by atoms with Crippen LogP contribution >= 0.6 is 0 Å². The average molecular weight is 169 g/mol. The Bertz CT molecular complexity index is 106. The van der Waals surface area contributed by atoms with Crippen LogP contribution in [0.2, 0.25) is 0 Å². The second kappa shape index (κ2) is 8.79. The lowest BCUT2D eigenvalue weighted by molar-refractivity contribution is 0.593. The van der Waals surface area contributed by atoms with Crippen molar-refractivity contribution in [3.05, 3.63) is 12.2 Å². The van der Waals surface area contributed by atoms with Gasteiger partial charge in [0.05, 0.1) is 0 Å². The molecule has 0 saturated heterocycles. The van der Waals surface area contributed by atoms with Crippen molar-refractivity contribution in [2.45, 2.75) is 40.0 Å². The van der Waals surface area contributed by atoms with Gasteiger partial charge in [-0.15, -0.1) is 0 Å². The molecule has 0 unspecified atom stereocenters. The Kier molecular flexibility index (Phi) is 8.57. The fourth-order valence-corrected chi connectivity index (χ4v) is 1.03. The quantitative estimate of drug-likeness (QED) is 0.456. The van der Waals surface area contributed by atoms with Crippen LogP contribution in [0.25, 0.3) is 0 Å². The predicted molar refractivity (Wildman–Crippen MR) is 56.4 cm³/mol. The Hall–Kier alpha value is -0.300. The first kappa shape index (κ1) is 11.7. The molecule has 0 aliphatic carbocycles. The van der Waals surface area contributed by atoms with Gasteiger partial charge in [-0.2, -0.15) is 0 Å². The summed E-state index contributed by atoms with van der Waals surface area (Å²) in [6.07, 6.45) is 8.32. The van der Waals surface area contributed by atoms with Crippen molar-refractivity contribution < 1.29 is 0 Å². The van der Waals surface area contributed by atoms with Crippen LogP contribution in [0, 0.1) is 5.92 Å². The average Bonchev–Trinajstić information content (AvgIpc) is 2.02. The number of rotatable bonds is 7. The topological polar surface area (TPSA) is 12.0 Å². The first-order valence-corrected chi connectivity index (χ1v) is 5.13. The molecule has 1 nitrogen and oxygen atoms in total. The summed E-state index contributed by atoms with van der Waals surface area (Å²) in [5.41, 5.74) is 0. The fraction of sp³-hybridized carbons (Fsp3) is 0.818. The molecular weight excluding hydrogens is 146 g/mol. The normalized spacial score (nSPS) is 11.7. The summed E-state index contributed by atoms with van der Waals surface area (Å²) in [4.78, 5) is 0. The van der Waals surface area contributed by atoms with Gasteiger partial charge in [-0.25, -0.2) is 0 Å². The molecule has 0 radical (unpaired) electrons. The van der Waals surface area contributed by atoms with E-state index in [1.54, 1.807) is 0 Å². The van der Waals surface area contributed by atoms with Crippen LogP contribution in [0.4, 0.5) is 0 Å². The van der Waals surface area contributed by atoms with Crippen LogP contribution in [-0.4, -0.2) is 13.1 Å². The summed E-state index contributed by atoms with van der Waals surface area (Å²) >= 11 is 0. The molecule has 0 atom stereocenters. The molecule has 1 heteroatoms. The number of hydrogen-bond donors (Lipinski definition) is 1. The molecule has 0 bridgehead atoms. The Morgan fingerprint density at radius 1 is 1.17 bits per heavy atom. The van der Waals surface area contributed by atoms with Gasteiger partial charge in [0.25, 0.3) is 0 Å². The largest absolute Gasteiger partial charge is 0.317 e. The molecule has 0 aliphatic rings. The van der Waals surface area contributed by atoms with Gasteiger partial charge in [-0.05, 0) is 38.3 Å². The molecule has 0 aromatic rings. The molecule has 0 heterocycles. The van der Waals surface area contributed by atoms with Crippen molar-refractivity contribution >= 4 is 0 Å². The van der Waals surface area contributed by atoms with E-state index in [0.717, 1.165) is 19.0 Å². The standard InChI is InChI=1S/C11H23N/c1-4-12-10-8-6-5-7-9-11(2)3/h5-6,11-12H,4,7-10H2,1-3H3. The summed E-state index contributed by atoms with van der Waals surface area (Å²) < 4.78 is 0. The van der Waals surface area contributed by atoms with Crippen LogP contribution in [-0.2, 0) is 0 Å². The maximum atomic E-state index is 3.30. The molecule has 0 spiro atoms. The molecule has 0 rings (SSSR count). The van der Waals surface area contributed by atoms with Crippen LogP contribution in [0.15, 0.2) is 12.2 Å². The van der Waals surface area contributed by atoms with Crippen LogP contribution in [0.5, 0.6) is 0 Å². The second-order valence-electron chi connectivity index (χ2n) is 3.58. The Morgan fingerprint density at radius 2 is 1.83 bits per heavy atom. The third-order valence-corrected chi connectivity index (χ3v) is 1.82. The molecule has 0 aromatic heterocycles. The Balaban J connectivity index is 3.04. The van der Waals surface area contributed by atoms with Crippen LogP contribution in [0.3, 0.4) is 0 Å². The first-order valence-electron chi connectivity index (χ1n) is 5.13. The minimum Gasteiger partial charge on any atom is -0.317 e. The van der Waals surface area contributed by atoms with E-state index < -0.39 is 0 Å². The third kappa shape index (κ3) is 9.70. The minimum atomic E-state index is 0.836. The summed E-state index contributed by atoms with van der Waals surface area (Å²) in [6.45, 7) is 8.88. The van der Waals surface area contributed by atoms with Gasteiger partial charge in [0, 0.05) is 0 Å². The van der Waals surface area contributed by atoms with Gasteiger partial charge in [0.15, 0.2) is 0 Å². The van der Waals surface area contributed by atoms with E-state index in [0.29, 0.717) is 0 Å². The monoisotopic (exact) mass is 169 g/mol. The third-order valence-electron chi connectivity index (χ3n) is 1.82. The second-order valence-corrected chi connectivity index (χ2v) is 3.58. The van der Waals surface area contributed by atoms with E-state index >= 15 is 0 Å². The van der Waals surface area contributed by atoms with Gasteiger partial charge < -0.3 is 5.32 Å². The van der Waals surface area contributed by atoms with Crippen molar-refractivity contribution in [3.63, 3.8) is 0 Å². The SMILES string of the molecule is CCNCCC=CCCC(C)C. The summed E-state index contributed by atoms with van der Waals surface area (Å²) in [5, 5.41) is 3.30. The van der Waals surface area contributed by atoms with Crippen LogP contribution < -0.4 is 5.32 Å². The Labute approximate surface area is 77.2 Å². The van der Waals surface area contributed by atoms with Crippen molar-refractivity contribution in [1.82, 2.24) is 5.32 Å². The molecule has 0 amide bonds. The summed E-state index contributed by atoms with van der Waals surface area (Å²) in [6, 6.07) is 0. The molecule has 1 N–H and O–H groups in total. The fourth-order valence-electron chi connectivity index (χ4n) is 1.03. The molecule has 0 saturated carbocycles. The van der Waals surface area contributed by atoms with E-state index in [2.05, 4.69) is 38.2 Å². The van der Waals surface area contributed by atoms with Gasteiger partial charge in [0.2, 0.25) is 0 Å². The highest BCUT2D eigenvalue weighted by molar-refractivity contribution is 4.82. The zero-order valence-corrected chi connectivity index (χ0v) is 8.77. The minimum absolute atomic E-state index is 0.836. The van der Waals surface area contributed by atoms with E-state index in [4.69, 9.17) is 0 Å². The summed E-state index contributed by atoms with van der Waals surface area (Å²) in [5.74, 6) is 0.836. The van der Waals surface area contributed by atoms with Crippen LogP contribution in [0.1, 0.15) is 40.0 Å². The number of allylic oxidation sites excluding steroid dienone is 1. The molecular formula is C11H23N. The highest BCUT2D eigenvalue weighted by atomic mass is 14.8. The van der Waals surface area contributed by atoms with Crippen molar-refractivity contribution in [3.8, 4) is 0 Å². The van der Waals surface area contributed by atoms with Gasteiger partial charge >= 0.3 is 0 Å². The van der Waals surface area contributed by atoms with E-state index in [9.17, 15) is 0 Å². The highest BCUT2D eigenvalue weighted by Gasteiger charge is 1.88. The maximum Gasteiger partial charge on any atom is -0.00144 e. The molecule has 0 aliphatic heterocycles. The lowest BCUT2D eigenvalue weighted by atomic mass is 10.1. The van der Waals surface area contributed by atoms with E-state index in [1.807, 2.05) is 0 Å². The zero-order valence-electron chi connectivity index (χ0n) is 8.77. The highest BCUT2D eigenvalue weighted by Crippen LogP contribution is 2.03. The van der Waals surface area contributed by atoms with Gasteiger partial charge in [-0.1, -0.05) is 32.9 Å². The summed E-state index contributed by atoms with van der Waals surface area (Å²) in [7, 11) is 0. The molecule has 72 valence electrons. The van der Waals surface area contributed by atoms with Gasteiger partial charge in [0.1, 0.15) is 0 Å². The van der Waals surface area contributed by atoms with Crippen molar-refractivity contribution in [1.29, 1.82) is 0 Å². The van der Waals surface area contributed by atoms with Crippen molar-refractivity contribution in [2.75, 3.05) is 13.1 Å². The van der Waals surface area contributed by atoms with E-state index in [1.165, 1.54) is 19.3 Å². The van der Waals surface area contributed by atoms with Crippen molar-refractivity contribution in [2.24, 2.45) is 5.92 Å². The molecule has 0 aromatic carbocycles. The number of nitrogens with one attached hydrogen (secondary N) is 1. The zero-order chi connectivity index (χ0) is 9.23. The Morgan fingerprint density at radius 3 is 2.42 bits per heavy atom. The maximum absolute atomic E-state index is 3.30. The number of hydrogen-bond acceptors (Lipinski definition) is 1. The predicted octanol–water partition coefficient (Wildman–Crippen LogP) is 2.98. The lowest BCUT2D eigenvalue weighted by Gasteiger charge is -1.99. The van der Waals surface area contributed by atoms with E-state index in [-0.39, 0.29) is 0 Å². The lowest BCUT2D eigenvalue weighted by Crippen LogP contribution is -2.12. The molecule has 0 fully saturated rings. The molecule has 12 heavy (non-hydrogen) atoms.